The lowest BCUT2D eigenvalue weighted by Gasteiger charge is -2.50. The molecule has 3 atom stereocenters. The van der Waals surface area contributed by atoms with Crippen molar-refractivity contribution in [3.8, 4) is 0 Å². The van der Waals surface area contributed by atoms with Crippen LogP contribution in [0.2, 0.25) is 0 Å². The summed E-state index contributed by atoms with van der Waals surface area (Å²) >= 11 is 0. The Hall–Kier alpha value is -0.0800. The van der Waals surface area contributed by atoms with Crippen LogP contribution in [0.5, 0.6) is 0 Å². The van der Waals surface area contributed by atoms with Crippen LogP contribution in [0.25, 0.3) is 0 Å². The van der Waals surface area contributed by atoms with Gasteiger partial charge in [0.1, 0.15) is 0 Å². The smallest absolute Gasteiger partial charge is 0.0101 e. The molecule has 0 aromatic rings. The second kappa shape index (κ2) is 3.74. The molecule has 0 aromatic carbocycles. The van der Waals surface area contributed by atoms with Crippen molar-refractivity contribution in [3.63, 3.8) is 0 Å². The molecule has 1 N–H and O–H groups in total. The van der Waals surface area contributed by atoms with Gasteiger partial charge in [-0.3, -0.25) is 0 Å². The summed E-state index contributed by atoms with van der Waals surface area (Å²) in [6.07, 6.45) is 7.32. The van der Waals surface area contributed by atoms with E-state index >= 15 is 0 Å². The minimum atomic E-state index is 0.705. The highest BCUT2D eigenvalue weighted by Crippen LogP contribution is 2.47. The molecule has 3 fully saturated rings. The second-order valence-electron chi connectivity index (χ2n) is 6.00. The molecule has 3 heterocycles. The maximum absolute atomic E-state index is 3.55. The molecule has 0 saturated carbocycles. The molecule has 3 rings (SSSR count). The van der Waals surface area contributed by atoms with Gasteiger partial charge in [-0.2, -0.15) is 0 Å². The number of piperidine rings is 2. The van der Waals surface area contributed by atoms with Crippen LogP contribution in [0.15, 0.2) is 0 Å². The van der Waals surface area contributed by atoms with E-state index < -0.39 is 0 Å². The number of rotatable bonds is 0. The lowest BCUT2D eigenvalue weighted by atomic mass is 9.64. The molecule has 0 aliphatic carbocycles. The normalized spacial score (nSPS) is 47.0. The highest BCUT2D eigenvalue weighted by Gasteiger charge is 2.45. The Morgan fingerprint density at radius 3 is 3.07 bits per heavy atom. The fraction of sp³-hybridized carbons (Fsp3) is 1.00. The van der Waals surface area contributed by atoms with Crippen LogP contribution >= 0.6 is 0 Å². The molecule has 1 spiro atoms. The van der Waals surface area contributed by atoms with E-state index in [0.717, 1.165) is 12.0 Å². The average molecular weight is 208 g/mol. The summed E-state index contributed by atoms with van der Waals surface area (Å²) in [6.45, 7) is 7.75. The monoisotopic (exact) mass is 208 g/mol. The predicted octanol–water partition coefficient (Wildman–Crippen LogP) is 1.86. The molecule has 15 heavy (non-hydrogen) atoms. The van der Waals surface area contributed by atoms with Crippen molar-refractivity contribution < 1.29 is 0 Å². The molecular weight excluding hydrogens is 184 g/mol. The van der Waals surface area contributed by atoms with Gasteiger partial charge in [-0.15, -0.1) is 0 Å². The number of fused-ring (bicyclic) bond motifs is 1. The first-order valence-corrected chi connectivity index (χ1v) is 6.75. The number of hydrogen-bond acceptors (Lipinski definition) is 2. The molecule has 0 amide bonds. The zero-order valence-electron chi connectivity index (χ0n) is 9.97. The maximum atomic E-state index is 3.55. The molecule has 3 aliphatic heterocycles. The van der Waals surface area contributed by atoms with Gasteiger partial charge in [-0.1, -0.05) is 6.92 Å². The predicted molar refractivity (Wildman–Crippen MR) is 62.9 cm³/mol. The number of nitrogens with one attached hydrogen (secondary N) is 1. The van der Waals surface area contributed by atoms with Gasteiger partial charge in [0.25, 0.3) is 0 Å². The molecule has 3 aliphatic rings. The van der Waals surface area contributed by atoms with E-state index in [1.54, 1.807) is 0 Å². The Morgan fingerprint density at radius 2 is 2.20 bits per heavy atom. The molecule has 3 saturated heterocycles. The van der Waals surface area contributed by atoms with Crippen LogP contribution in [0.3, 0.4) is 0 Å². The maximum Gasteiger partial charge on any atom is 0.0101 e. The van der Waals surface area contributed by atoms with Crippen molar-refractivity contribution in [2.45, 2.75) is 45.1 Å². The number of hydrogen-bond donors (Lipinski definition) is 1. The van der Waals surface area contributed by atoms with Crippen LogP contribution in [0.4, 0.5) is 0 Å². The molecule has 86 valence electrons. The Balaban J connectivity index is 1.75. The summed E-state index contributed by atoms with van der Waals surface area (Å²) in [7, 11) is 0. The summed E-state index contributed by atoms with van der Waals surface area (Å²) < 4.78 is 0. The van der Waals surface area contributed by atoms with Crippen LogP contribution in [-0.4, -0.2) is 37.1 Å². The van der Waals surface area contributed by atoms with Gasteiger partial charge in [0, 0.05) is 6.04 Å². The van der Waals surface area contributed by atoms with Crippen molar-refractivity contribution in [1.29, 1.82) is 0 Å². The van der Waals surface area contributed by atoms with Crippen molar-refractivity contribution in [3.05, 3.63) is 0 Å². The zero-order chi connectivity index (χ0) is 10.3. The topological polar surface area (TPSA) is 15.3 Å². The highest BCUT2D eigenvalue weighted by atomic mass is 15.2. The van der Waals surface area contributed by atoms with Crippen molar-refractivity contribution in [2.75, 3.05) is 26.2 Å². The van der Waals surface area contributed by atoms with E-state index in [4.69, 9.17) is 0 Å². The average Bonchev–Trinajstić information content (AvgIpc) is 2.69. The molecule has 3 unspecified atom stereocenters. The second-order valence-corrected chi connectivity index (χ2v) is 6.00. The fourth-order valence-corrected chi connectivity index (χ4v) is 4.15. The fourth-order valence-electron chi connectivity index (χ4n) is 4.15. The Morgan fingerprint density at radius 1 is 1.27 bits per heavy atom. The molecular formula is C13H24N2. The zero-order valence-corrected chi connectivity index (χ0v) is 9.97. The molecule has 0 radical (unpaired) electrons. The minimum Gasteiger partial charge on any atom is -0.316 e. The van der Waals surface area contributed by atoms with Crippen molar-refractivity contribution in [1.82, 2.24) is 10.2 Å². The highest BCUT2D eigenvalue weighted by molar-refractivity contribution is 4.98. The Kier molecular flexibility index (Phi) is 2.52. The van der Waals surface area contributed by atoms with E-state index in [-0.39, 0.29) is 0 Å². The number of nitrogens with zero attached hydrogens (tertiary/aromatic N) is 1. The van der Waals surface area contributed by atoms with Crippen LogP contribution in [-0.2, 0) is 0 Å². The largest absolute Gasteiger partial charge is 0.316 e. The standard InChI is InChI=1S/C13H24N2/c1-11-10-14-6-4-13(11)5-8-15-7-2-3-12(15)9-13/h11-12,14H,2-10H2,1H3. The minimum absolute atomic E-state index is 0.705. The lowest BCUT2D eigenvalue weighted by molar-refractivity contribution is 0.0104. The van der Waals surface area contributed by atoms with E-state index in [0.29, 0.717) is 5.41 Å². The first-order chi connectivity index (χ1) is 7.30. The van der Waals surface area contributed by atoms with Gasteiger partial charge in [0.2, 0.25) is 0 Å². The third-order valence-corrected chi connectivity index (χ3v) is 5.33. The first kappa shape index (κ1) is 10.1. The molecule has 0 bridgehead atoms. The van der Waals surface area contributed by atoms with E-state index in [1.807, 2.05) is 0 Å². The van der Waals surface area contributed by atoms with E-state index in [1.165, 1.54) is 58.3 Å². The SMILES string of the molecule is CC1CNCCC12CCN1CCCC1C2. The summed E-state index contributed by atoms with van der Waals surface area (Å²) in [5.41, 5.74) is 0.705. The van der Waals surface area contributed by atoms with E-state index in [2.05, 4.69) is 17.1 Å². The van der Waals surface area contributed by atoms with Crippen LogP contribution < -0.4 is 5.32 Å². The third-order valence-electron chi connectivity index (χ3n) is 5.33. The lowest BCUT2D eigenvalue weighted by Crippen LogP contribution is -2.52. The summed E-state index contributed by atoms with van der Waals surface area (Å²) in [5.74, 6) is 0.897. The van der Waals surface area contributed by atoms with E-state index in [9.17, 15) is 0 Å². The van der Waals surface area contributed by atoms with Crippen molar-refractivity contribution >= 4 is 0 Å². The van der Waals surface area contributed by atoms with Crippen molar-refractivity contribution in [2.24, 2.45) is 11.3 Å². The third kappa shape index (κ3) is 1.62. The van der Waals surface area contributed by atoms with Gasteiger partial charge < -0.3 is 10.2 Å². The molecule has 2 heteroatoms. The molecule has 2 nitrogen and oxygen atoms in total. The van der Waals surface area contributed by atoms with Gasteiger partial charge >= 0.3 is 0 Å². The van der Waals surface area contributed by atoms with Gasteiger partial charge in [0.15, 0.2) is 0 Å². The van der Waals surface area contributed by atoms with Gasteiger partial charge in [-0.05, 0) is 69.6 Å². The van der Waals surface area contributed by atoms with Gasteiger partial charge in [-0.25, -0.2) is 0 Å². The van der Waals surface area contributed by atoms with Crippen LogP contribution in [0, 0.1) is 11.3 Å². The summed E-state index contributed by atoms with van der Waals surface area (Å²) in [5, 5.41) is 3.55. The van der Waals surface area contributed by atoms with Gasteiger partial charge in [0.05, 0.1) is 0 Å². The van der Waals surface area contributed by atoms with Crippen LogP contribution in [0.1, 0.15) is 39.0 Å². The Labute approximate surface area is 93.4 Å². The molecule has 0 aromatic heterocycles. The quantitative estimate of drug-likeness (QED) is 0.654. The summed E-state index contributed by atoms with van der Waals surface area (Å²) in [4.78, 5) is 2.75. The summed E-state index contributed by atoms with van der Waals surface area (Å²) in [6, 6.07) is 0.944. The Bertz CT molecular complexity index is 241. The first-order valence-electron chi connectivity index (χ1n) is 6.75.